The van der Waals surface area contributed by atoms with Crippen molar-refractivity contribution in [3.63, 3.8) is 0 Å². The van der Waals surface area contributed by atoms with Crippen molar-refractivity contribution in [3.05, 3.63) is 18.2 Å². The van der Waals surface area contributed by atoms with Gasteiger partial charge in [0.1, 0.15) is 13.2 Å². The highest BCUT2D eigenvalue weighted by Gasteiger charge is 2.55. The molecule has 7 aliphatic rings. The molecule has 0 radical (unpaired) electrons. The number of carbonyl (C=O) groups is 3. The number of benzene rings is 1. The molecule has 2 saturated heterocycles. The Balaban J connectivity index is 0.973. The van der Waals surface area contributed by atoms with Crippen LogP contribution in [0.25, 0.3) is 0 Å². The van der Waals surface area contributed by atoms with E-state index in [1.54, 1.807) is 4.90 Å². The van der Waals surface area contributed by atoms with Crippen molar-refractivity contribution in [1.29, 1.82) is 0 Å². The molecule has 3 heterocycles. The smallest absolute Gasteiger partial charge is 0.228 e. The van der Waals surface area contributed by atoms with Gasteiger partial charge in [-0.25, -0.2) is 0 Å². The average molecular weight is 494 g/mol. The highest BCUT2D eigenvalue weighted by molar-refractivity contribution is 6.00. The van der Waals surface area contributed by atoms with E-state index in [0.717, 1.165) is 42.7 Å². The fourth-order valence-electron chi connectivity index (χ4n) is 8.42. The lowest BCUT2D eigenvalue weighted by Crippen LogP contribution is -2.59. The van der Waals surface area contributed by atoms with Gasteiger partial charge in [-0.05, 0) is 68.4 Å². The van der Waals surface area contributed by atoms with Gasteiger partial charge in [-0.15, -0.1) is 0 Å². The van der Waals surface area contributed by atoms with Gasteiger partial charge in [0.05, 0.1) is 11.3 Å². The first-order chi connectivity index (χ1) is 17.5. The van der Waals surface area contributed by atoms with E-state index in [1.807, 2.05) is 28.0 Å². The molecule has 0 N–H and O–H groups in total. The van der Waals surface area contributed by atoms with Crippen LogP contribution < -0.4 is 14.4 Å². The lowest BCUT2D eigenvalue weighted by Gasteiger charge is -2.57. The summed E-state index contributed by atoms with van der Waals surface area (Å²) in [6.07, 6.45) is 7.46. The molecule has 4 aliphatic carbocycles. The summed E-state index contributed by atoms with van der Waals surface area (Å²) in [5, 5.41) is 0. The minimum Gasteiger partial charge on any atom is -0.486 e. The molecule has 3 amide bonds. The van der Waals surface area contributed by atoms with E-state index >= 15 is 0 Å². The number of nitrogens with zero attached hydrogens (tertiary/aromatic N) is 3. The first-order valence-electron chi connectivity index (χ1n) is 13.8. The second-order valence-corrected chi connectivity index (χ2v) is 12.0. The lowest BCUT2D eigenvalue weighted by atomic mass is 9.49. The summed E-state index contributed by atoms with van der Waals surface area (Å²) in [6, 6.07) is 5.51. The SMILES string of the molecule is O=C(C1CC(=O)N(c2ccc3c(c2)OCCO3)C1)N1CCN(C(=O)C23CC4CC(CC(C4)C2)C3)CC1. The van der Waals surface area contributed by atoms with Gasteiger partial charge >= 0.3 is 0 Å². The summed E-state index contributed by atoms with van der Waals surface area (Å²) in [7, 11) is 0. The lowest BCUT2D eigenvalue weighted by molar-refractivity contribution is -0.161. The van der Waals surface area contributed by atoms with Crippen LogP contribution in [0.15, 0.2) is 18.2 Å². The zero-order chi connectivity index (χ0) is 24.4. The van der Waals surface area contributed by atoms with Crippen LogP contribution in [0, 0.1) is 29.1 Å². The summed E-state index contributed by atoms with van der Waals surface area (Å²) < 4.78 is 11.2. The molecule has 6 fully saturated rings. The van der Waals surface area contributed by atoms with Crippen molar-refractivity contribution < 1.29 is 23.9 Å². The topological polar surface area (TPSA) is 79.4 Å². The predicted molar refractivity (Wildman–Crippen MR) is 132 cm³/mol. The van der Waals surface area contributed by atoms with Crippen molar-refractivity contribution in [3.8, 4) is 11.5 Å². The predicted octanol–water partition coefficient (Wildman–Crippen LogP) is 2.70. The maximum Gasteiger partial charge on any atom is 0.228 e. The second kappa shape index (κ2) is 8.38. The first-order valence-corrected chi connectivity index (χ1v) is 13.8. The van der Waals surface area contributed by atoms with Crippen LogP contribution in [-0.2, 0) is 14.4 Å². The molecular weight excluding hydrogens is 458 g/mol. The second-order valence-electron chi connectivity index (χ2n) is 12.0. The number of hydrogen-bond donors (Lipinski definition) is 0. The van der Waals surface area contributed by atoms with Crippen molar-refractivity contribution in [2.45, 2.75) is 44.9 Å². The molecule has 1 aromatic carbocycles. The van der Waals surface area contributed by atoms with Crippen LogP contribution in [-0.4, -0.2) is 73.5 Å². The van der Waals surface area contributed by atoms with Crippen LogP contribution in [0.5, 0.6) is 11.5 Å². The zero-order valence-electron chi connectivity index (χ0n) is 20.8. The molecule has 4 bridgehead atoms. The summed E-state index contributed by atoms with van der Waals surface area (Å²) >= 11 is 0. The number of hydrogen-bond acceptors (Lipinski definition) is 5. The maximum atomic E-state index is 13.7. The quantitative estimate of drug-likeness (QED) is 0.647. The fourth-order valence-corrected chi connectivity index (χ4v) is 8.42. The van der Waals surface area contributed by atoms with Crippen LogP contribution in [0.2, 0.25) is 0 Å². The molecule has 4 saturated carbocycles. The molecule has 0 aromatic heterocycles. The van der Waals surface area contributed by atoms with Crippen LogP contribution >= 0.6 is 0 Å². The van der Waals surface area contributed by atoms with Crippen molar-refractivity contribution >= 4 is 23.4 Å². The Hall–Kier alpha value is -2.77. The van der Waals surface area contributed by atoms with E-state index < -0.39 is 0 Å². The van der Waals surface area contributed by atoms with Crippen LogP contribution in [0.1, 0.15) is 44.9 Å². The largest absolute Gasteiger partial charge is 0.486 e. The van der Waals surface area contributed by atoms with Crippen molar-refractivity contribution in [2.24, 2.45) is 29.1 Å². The van der Waals surface area contributed by atoms with Gasteiger partial charge in [0, 0.05) is 50.9 Å². The zero-order valence-corrected chi connectivity index (χ0v) is 20.8. The first kappa shape index (κ1) is 22.4. The van der Waals surface area contributed by atoms with E-state index in [4.69, 9.17) is 9.47 Å². The fraction of sp³-hybridized carbons (Fsp3) is 0.679. The number of fused-ring (bicyclic) bond motifs is 1. The summed E-state index contributed by atoms with van der Waals surface area (Å²) in [5.74, 6) is 3.57. The van der Waals surface area contributed by atoms with Crippen molar-refractivity contribution in [2.75, 3.05) is 50.8 Å². The molecule has 0 spiro atoms. The summed E-state index contributed by atoms with van der Waals surface area (Å²) in [6.45, 7) is 3.73. The van der Waals surface area contributed by atoms with E-state index in [9.17, 15) is 14.4 Å². The summed E-state index contributed by atoms with van der Waals surface area (Å²) in [4.78, 5) is 45.4. The monoisotopic (exact) mass is 493 g/mol. The van der Waals surface area contributed by atoms with E-state index in [1.165, 1.54) is 19.3 Å². The van der Waals surface area contributed by atoms with E-state index in [-0.39, 0.29) is 29.6 Å². The van der Waals surface area contributed by atoms with Crippen LogP contribution in [0.3, 0.4) is 0 Å². The molecular formula is C28H35N3O5. The third-order valence-corrected chi connectivity index (χ3v) is 9.68. The highest BCUT2D eigenvalue weighted by atomic mass is 16.6. The molecule has 1 unspecified atom stereocenters. The molecule has 8 heteroatoms. The Morgan fingerprint density at radius 3 is 2.11 bits per heavy atom. The number of rotatable bonds is 3. The number of piperazine rings is 1. The van der Waals surface area contributed by atoms with Gasteiger partial charge in [0.2, 0.25) is 17.7 Å². The van der Waals surface area contributed by atoms with E-state index in [0.29, 0.717) is 63.3 Å². The van der Waals surface area contributed by atoms with Gasteiger partial charge in [-0.1, -0.05) is 0 Å². The van der Waals surface area contributed by atoms with Gasteiger partial charge in [-0.3, -0.25) is 14.4 Å². The third-order valence-electron chi connectivity index (χ3n) is 9.68. The number of carbonyl (C=O) groups excluding carboxylic acids is 3. The standard InChI is InChI=1S/C28H35N3O5/c32-25-12-21(17-31(25)22-1-2-23-24(13-22)36-8-7-35-23)26(33)29-3-5-30(6-4-29)27(34)28-14-18-9-19(15-28)11-20(10-18)16-28/h1-2,13,18-21H,3-12,14-17H2. The van der Waals surface area contributed by atoms with Gasteiger partial charge in [0.15, 0.2) is 11.5 Å². The molecule has 8 nitrogen and oxygen atoms in total. The highest BCUT2D eigenvalue weighted by Crippen LogP contribution is 2.60. The van der Waals surface area contributed by atoms with Crippen LogP contribution in [0.4, 0.5) is 5.69 Å². The average Bonchev–Trinajstić information content (AvgIpc) is 3.28. The normalized spacial score (nSPS) is 34.9. The van der Waals surface area contributed by atoms with Crippen molar-refractivity contribution in [1.82, 2.24) is 9.80 Å². The van der Waals surface area contributed by atoms with Gasteiger partial charge in [-0.2, -0.15) is 0 Å². The number of amides is 3. The molecule has 192 valence electrons. The Morgan fingerprint density at radius 2 is 1.44 bits per heavy atom. The third kappa shape index (κ3) is 3.67. The Kier molecular flexibility index (Phi) is 5.22. The Morgan fingerprint density at radius 1 is 0.833 bits per heavy atom. The Labute approximate surface area is 211 Å². The number of ether oxygens (including phenoxy) is 2. The molecule has 36 heavy (non-hydrogen) atoms. The van der Waals surface area contributed by atoms with Gasteiger partial charge in [0.25, 0.3) is 0 Å². The minimum absolute atomic E-state index is 0.0327. The maximum absolute atomic E-state index is 13.7. The molecule has 1 aromatic rings. The molecule has 1 atom stereocenters. The molecule has 8 rings (SSSR count). The minimum atomic E-state index is -0.351. The van der Waals surface area contributed by atoms with E-state index in [2.05, 4.69) is 0 Å². The Bertz CT molecular complexity index is 1060. The van der Waals surface area contributed by atoms with Gasteiger partial charge < -0.3 is 24.2 Å². The molecule has 3 aliphatic heterocycles. The number of anilines is 1. The summed E-state index contributed by atoms with van der Waals surface area (Å²) in [5.41, 5.74) is 0.619.